The summed E-state index contributed by atoms with van der Waals surface area (Å²) in [6.45, 7) is 9.63. The molecule has 1 saturated heterocycles. The van der Waals surface area contributed by atoms with Crippen molar-refractivity contribution < 1.29 is 9.53 Å². The van der Waals surface area contributed by atoms with E-state index in [1.165, 1.54) is 16.8 Å². The number of anilines is 1. The second-order valence-corrected chi connectivity index (χ2v) is 6.69. The van der Waals surface area contributed by atoms with E-state index in [1.54, 1.807) is 0 Å². The smallest absolute Gasteiger partial charge is 0.260 e. The second-order valence-electron chi connectivity index (χ2n) is 6.69. The first-order chi connectivity index (χ1) is 12.0. The van der Waals surface area contributed by atoms with Gasteiger partial charge in [0.25, 0.3) is 5.91 Å². The Morgan fingerprint density at radius 3 is 2.44 bits per heavy atom. The van der Waals surface area contributed by atoms with Crippen molar-refractivity contribution in [3.05, 3.63) is 59.2 Å². The molecule has 0 unspecified atom stereocenters. The summed E-state index contributed by atoms with van der Waals surface area (Å²) in [5, 5.41) is 0. The Bertz CT molecular complexity index is 749. The molecule has 1 aliphatic rings. The van der Waals surface area contributed by atoms with Gasteiger partial charge in [-0.1, -0.05) is 24.3 Å². The summed E-state index contributed by atoms with van der Waals surface area (Å²) in [7, 11) is 0. The summed E-state index contributed by atoms with van der Waals surface area (Å²) in [6.07, 6.45) is 0. The molecule has 0 radical (unpaired) electrons. The molecule has 1 fully saturated rings. The summed E-state index contributed by atoms with van der Waals surface area (Å²) >= 11 is 0. The summed E-state index contributed by atoms with van der Waals surface area (Å²) in [5.74, 6) is 0.810. The van der Waals surface area contributed by atoms with E-state index < -0.39 is 0 Å². The highest BCUT2D eigenvalue weighted by Gasteiger charge is 2.22. The number of carbonyl (C=O) groups is 1. The average molecular weight is 338 g/mol. The molecular formula is C21H26N2O2. The average Bonchev–Trinajstić information content (AvgIpc) is 2.62. The Hall–Kier alpha value is -2.49. The number of benzene rings is 2. The normalized spacial score (nSPS) is 14.5. The largest absolute Gasteiger partial charge is 0.484 e. The van der Waals surface area contributed by atoms with Crippen molar-refractivity contribution in [3.8, 4) is 5.75 Å². The predicted octanol–water partition coefficient (Wildman–Crippen LogP) is 3.34. The van der Waals surface area contributed by atoms with Gasteiger partial charge in [0.05, 0.1) is 0 Å². The zero-order chi connectivity index (χ0) is 17.8. The van der Waals surface area contributed by atoms with Crippen molar-refractivity contribution in [2.75, 3.05) is 37.7 Å². The number of aryl methyl sites for hydroxylation is 2. The van der Waals surface area contributed by atoms with Gasteiger partial charge >= 0.3 is 0 Å². The first kappa shape index (κ1) is 17.3. The maximum atomic E-state index is 12.4. The molecule has 1 aliphatic heterocycles. The molecule has 1 heterocycles. The van der Waals surface area contributed by atoms with E-state index in [-0.39, 0.29) is 12.5 Å². The molecule has 0 bridgehead atoms. The van der Waals surface area contributed by atoms with Crippen molar-refractivity contribution in [2.24, 2.45) is 0 Å². The number of rotatable bonds is 4. The lowest BCUT2D eigenvalue weighted by Gasteiger charge is -2.37. The molecule has 25 heavy (non-hydrogen) atoms. The fraction of sp³-hybridized carbons (Fsp3) is 0.381. The van der Waals surface area contributed by atoms with E-state index in [2.05, 4.69) is 36.9 Å². The summed E-state index contributed by atoms with van der Waals surface area (Å²) in [4.78, 5) is 16.7. The quantitative estimate of drug-likeness (QED) is 0.857. The minimum atomic E-state index is 0.0575. The van der Waals surface area contributed by atoms with Gasteiger partial charge in [0.15, 0.2) is 6.61 Å². The molecule has 132 valence electrons. The van der Waals surface area contributed by atoms with E-state index >= 15 is 0 Å². The monoisotopic (exact) mass is 338 g/mol. The third-order valence-electron chi connectivity index (χ3n) is 4.90. The van der Waals surface area contributed by atoms with Gasteiger partial charge in [-0.15, -0.1) is 0 Å². The maximum absolute atomic E-state index is 12.4. The standard InChI is InChI=1S/C21H26N2O2/c1-16-6-4-8-19(14-16)25-15-21(24)23-12-10-22(11-13-23)20-9-5-7-17(2)18(20)3/h4-9,14H,10-13,15H2,1-3H3. The zero-order valence-corrected chi connectivity index (χ0v) is 15.3. The number of ether oxygens (including phenoxy) is 1. The lowest BCUT2D eigenvalue weighted by Crippen LogP contribution is -2.50. The molecule has 0 atom stereocenters. The minimum absolute atomic E-state index is 0.0575. The Morgan fingerprint density at radius 1 is 1.00 bits per heavy atom. The van der Waals surface area contributed by atoms with Crippen molar-refractivity contribution in [2.45, 2.75) is 20.8 Å². The van der Waals surface area contributed by atoms with Gasteiger partial charge in [-0.2, -0.15) is 0 Å². The van der Waals surface area contributed by atoms with Crippen LogP contribution in [0.25, 0.3) is 0 Å². The lowest BCUT2D eigenvalue weighted by molar-refractivity contribution is -0.133. The van der Waals surface area contributed by atoms with E-state index in [0.717, 1.165) is 37.5 Å². The van der Waals surface area contributed by atoms with Crippen molar-refractivity contribution in [1.29, 1.82) is 0 Å². The van der Waals surface area contributed by atoms with Gasteiger partial charge in [0.1, 0.15) is 5.75 Å². The number of amides is 1. The molecule has 0 aromatic heterocycles. The van der Waals surface area contributed by atoms with Gasteiger partial charge in [-0.3, -0.25) is 4.79 Å². The third-order valence-corrected chi connectivity index (χ3v) is 4.90. The Kier molecular flexibility index (Phi) is 5.27. The highest BCUT2D eigenvalue weighted by molar-refractivity contribution is 5.78. The third kappa shape index (κ3) is 4.13. The number of nitrogens with zero attached hydrogens (tertiary/aromatic N) is 2. The number of hydrogen-bond acceptors (Lipinski definition) is 3. The Balaban J connectivity index is 1.53. The molecule has 0 N–H and O–H groups in total. The Morgan fingerprint density at radius 2 is 1.72 bits per heavy atom. The van der Waals surface area contributed by atoms with E-state index in [1.807, 2.05) is 36.1 Å². The Labute approximate surface area is 150 Å². The van der Waals surface area contributed by atoms with Crippen LogP contribution in [0.4, 0.5) is 5.69 Å². The summed E-state index contributed by atoms with van der Waals surface area (Å²) < 4.78 is 5.64. The molecule has 0 aliphatic carbocycles. The van der Waals surface area contributed by atoms with Crippen LogP contribution in [0.5, 0.6) is 5.75 Å². The minimum Gasteiger partial charge on any atom is -0.484 e. The summed E-state index contributed by atoms with van der Waals surface area (Å²) in [5.41, 5.74) is 5.04. The molecule has 4 nitrogen and oxygen atoms in total. The zero-order valence-electron chi connectivity index (χ0n) is 15.3. The maximum Gasteiger partial charge on any atom is 0.260 e. The van der Waals surface area contributed by atoms with Crippen molar-refractivity contribution >= 4 is 11.6 Å². The van der Waals surface area contributed by atoms with Crippen LogP contribution in [0.3, 0.4) is 0 Å². The number of carbonyl (C=O) groups excluding carboxylic acids is 1. The van der Waals surface area contributed by atoms with Crippen LogP contribution in [0, 0.1) is 20.8 Å². The van der Waals surface area contributed by atoms with Crippen LogP contribution in [-0.4, -0.2) is 43.6 Å². The van der Waals surface area contributed by atoms with Crippen LogP contribution < -0.4 is 9.64 Å². The van der Waals surface area contributed by atoms with Crippen LogP contribution in [0.15, 0.2) is 42.5 Å². The molecular weight excluding hydrogens is 312 g/mol. The van der Waals surface area contributed by atoms with Gasteiger partial charge in [-0.05, 0) is 55.7 Å². The van der Waals surface area contributed by atoms with Crippen LogP contribution in [0.1, 0.15) is 16.7 Å². The van der Waals surface area contributed by atoms with Gasteiger partial charge in [-0.25, -0.2) is 0 Å². The van der Waals surface area contributed by atoms with Crippen molar-refractivity contribution in [1.82, 2.24) is 4.90 Å². The van der Waals surface area contributed by atoms with E-state index in [9.17, 15) is 4.79 Å². The van der Waals surface area contributed by atoms with Crippen LogP contribution >= 0.6 is 0 Å². The van der Waals surface area contributed by atoms with Gasteiger partial charge in [0, 0.05) is 31.9 Å². The number of piperazine rings is 1. The van der Waals surface area contributed by atoms with Crippen LogP contribution in [0.2, 0.25) is 0 Å². The highest BCUT2D eigenvalue weighted by atomic mass is 16.5. The predicted molar refractivity (Wildman–Crippen MR) is 101 cm³/mol. The fourth-order valence-corrected chi connectivity index (χ4v) is 3.22. The molecule has 0 spiro atoms. The van der Waals surface area contributed by atoms with E-state index in [0.29, 0.717) is 0 Å². The van der Waals surface area contributed by atoms with Gasteiger partial charge < -0.3 is 14.5 Å². The molecule has 1 amide bonds. The van der Waals surface area contributed by atoms with Crippen molar-refractivity contribution in [3.63, 3.8) is 0 Å². The fourth-order valence-electron chi connectivity index (χ4n) is 3.22. The van der Waals surface area contributed by atoms with Crippen LogP contribution in [-0.2, 0) is 4.79 Å². The number of hydrogen-bond donors (Lipinski definition) is 0. The molecule has 3 rings (SSSR count). The molecule has 0 saturated carbocycles. The second kappa shape index (κ2) is 7.60. The first-order valence-electron chi connectivity index (χ1n) is 8.83. The van der Waals surface area contributed by atoms with E-state index in [4.69, 9.17) is 4.74 Å². The topological polar surface area (TPSA) is 32.8 Å². The van der Waals surface area contributed by atoms with Gasteiger partial charge in [0.2, 0.25) is 0 Å². The summed E-state index contributed by atoms with van der Waals surface area (Å²) in [6, 6.07) is 14.2. The molecule has 4 heteroatoms. The highest BCUT2D eigenvalue weighted by Crippen LogP contribution is 2.24. The lowest BCUT2D eigenvalue weighted by atomic mass is 10.1. The first-order valence-corrected chi connectivity index (χ1v) is 8.83. The molecule has 2 aromatic carbocycles. The molecule has 2 aromatic rings. The SMILES string of the molecule is Cc1cccc(OCC(=O)N2CCN(c3cccc(C)c3C)CC2)c1.